The second kappa shape index (κ2) is 5.13. The highest BCUT2D eigenvalue weighted by Gasteiger charge is 2.37. The number of hydrogen-bond donors (Lipinski definition) is 0. The van der Waals surface area contributed by atoms with E-state index in [0.29, 0.717) is 6.61 Å². The fourth-order valence-corrected chi connectivity index (χ4v) is 2.43. The second-order valence-electron chi connectivity index (χ2n) is 4.55. The number of benzene rings is 2. The van der Waals surface area contributed by atoms with Crippen LogP contribution in [-0.2, 0) is 4.84 Å². The highest BCUT2D eigenvalue weighted by molar-refractivity contribution is 5.47. The number of nitriles is 1. The van der Waals surface area contributed by atoms with Gasteiger partial charge in [0.25, 0.3) is 0 Å². The van der Waals surface area contributed by atoms with Crippen molar-refractivity contribution in [3.8, 4) is 6.07 Å². The van der Waals surface area contributed by atoms with Gasteiger partial charge in [-0.25, -0.2) is 5.06 Å². The van der Waals surface area contributed by atoms with Gasteiger partial charge in [-0.15, -0.1) is 0 Å². The molecule has 1 fully saturated rings. The van der Waals surface area contributed by atoms with Crippen molar-refractivity contribution in [1.29, 1.82) is 5.26 Å². The van der Waals surface area contributed by atoms with Crippen molar-refractivity contribution in [2.24, 2.45) is 5.92 Å². The highest BCUT2D eigenvalue weighted by Crippen LogP contribution is 2.38. The minimum Gasteiger partial charge on any atom is -0.271 e. The van der Waals surface area contributed by atoms with Gasteiger partial charge in [0.15, 0.2) is 0 Å². The third-order valence-corrected chi connectivity index (χ3v) is 3.34. The predicted octanol–water partition coefficient (Wildman–Crippen LogP) is 3.32. The Morgan fingerprint density at radius 1 is 1.00 bits per heavy atom. The van der Waals surface area contributed by atoms with Crippen molar-refractivity contribution in [1.82, 2.24) is 0 Å². The lowest BCUT2D eigenvalue weighted by Crippen LogP contribution is -2.23. The summed E-state index contributed by atoms with van der Waals surface area (Å²) in [5, 5.41) is 11.2. The van der Waals surface area contributed by atoms with Crippen LogP contribution < -0.4 is 5.06 Å². The lowest BCUT2D eigenvalue weighted by Gasteiger charge is -2.25. The summed E-state index contributed by atoms with van der Waals surface area (Å²) in [6.45, 7) is 0.435. The molecule has 0 radical (unpaired) electrons. The molecule has 2 atom stereocenters. The highest BCUT2D eigenvalue weighted by atomic mass is 16.7. The van der Waals surface area contributed by atoms with Crippen LogP contribution in [-0.4, -0.2) is 6.61 Å². The van der Waals surface area contributed by atoms with Crippen molar-refractivity contribution in [3.05, 3.63) is 66.2 Å². The first-order valence-corrected chi connectivity index (χ1v) is 6.32. The van der Waals surface area contributed by atoms with Gasteiger partial charge >= 0.3 is 0 Å². The maximum absolute atomic E-state index is 9.31. The summed E-state index contributed by atoms with van der Waals surface area (Å²) in [6.07, 6.45) is 0. The van der Waals surface area contributed by atoms with E-state index in [9.17, 15) is 5.26 Å². The van der Waals surface area contributed by atoms with Gasteiger partial charge in [0.1, 0.15) is 0 Å². The van der Waals surface area contributed by atoms with Gasteiger partial charge < -0.3 is 0 Å². The van der Waals surface area contributed by atoms with Gasteiger partial charge in [-0.3, -0.25) is 4.84 Å². The van der Waals surface area contributed by atoms with Crippen LogP contribution in [0.5, 0.6) is 0 Å². The molecule has 0 saturated carbocycles. The number of rotatable bonds is 2. The second-order valence-corrected chi connectivity index (χ2v) is 4.55. The van der Waals surface area contributed by atoms with Crippen molar-refractivity contribution >= 4 is 5.69 Å². The molecular weight excluding hydrogens is 236 g/mol. The monoisotopic (exact) mass is 250 g/mol. The van der Waals surface area contributed by atoms with Crippen molar-refractivity contribution in [2.45, 2.75) is 6.04 Å². The summed E-state index contributed by atoms with van der Waals surface area (Å²) in [5.74, 6) is -0.150. The number of nitrogens with zero attached hydrogens (tertiary/aromatic N) is 2. The van der Waals surface area contributed by atoms with E-state index in [1.807, 2.05) is 65.7 Å². The Labute approximate surface area is 112 Å². The Bertz CT molecular complexity index is 577. The fraction of sp³-hybridized carbons (Fsp3) is 0.188. The summed E-state index contributed by atoms with van der Waals surface area (Å²) in [7, 11) is 0. The summed E-state index contributed by atoms with van der Waals surface area (Å²) < 4.78 is 0. The summed E-state index contributed by atoms with van der Waals surface area (Å²) >= 11 is 0. The maximum Gasteiger partial charge on any atom is 0.0996 e. The van der Waals surface area contributed by atoms with E-state index in [2.05, 4.69) is 6.07 Å². The molecule has 1 aliphatic heterocycles. The third kappa shape index (κ3) is 2.18. The normalized spacial score (nSPS) is 22.2. The van der Waals surface area contributed by atoms with E-state index in [0.717, 1.165) is 11.3 Å². The Hall–Kier alpha value is -2.31. The summed E-state index contributed by atoms with van der Waals surface area (Å²) in [5.41, 5.74) is 2.09. The van der Waals surface area contributed by atoms with Crippen LogP contribution in [0.4, 0.5) is 5.69 Å². The third-order valence-electron chi connectivity index (χ3n) is 3.34. The molecule has 0 unspecified atom stereocenters. The van der Waals surface area contributed by atoms with Crippen molar-refractivity contribution in [2.75, 3.05) is 11.7 Å². The van der Waals surface area contributed by atoms with Crippen LogP contribution in [0, 0.1) is 17.2 Å². The van der Waals surface area contributed by atoms with Crippen LogP contribution in [0.1, 0.15) is 11.6 Å². The molecule has 0 aliphatic carbocycles. The molecule has 19 heavy (non-hydrogen) atoms. The molecule has 0 aromatic heterocycles. The van der Waals surface area contributed by atoms with E-state index >= 15 is 0 Å². The molecular formula is C16H14N2O. The molecule has 1 saturated heterocycles. The summed E-state index contributed by atoms with van der Waals surface area (Å²) in [6, 6.07) is 22.3. The molecule has 1 aliphatic rings. The van der Waals surface area contributed by atoms with Crippen LogP contribution in [0.25, 0.3) is 0 Å². The number of para-hydroxylation sites is 1. The summed E-state index contributed by atoms with van der Waals surface area (Å²) in [4.78, 5) is 5.72. The van der Waals surface area contributed by atoms with Gasteiger partial charge in [-0.2, -0.15) is 5.26 Å². The lowest BCUT2D eigenvalue weighted by molar-refractivity contribution is 0.156. The molecule has 3 nitrogen and oxygen atoms in total. The minimum absolute atomic E-state index is 0.0476. The average Bonchev–Trinajstić information content (AvgIpc) is 2.93. The van der Waals surface area contributed by atoms with Gasteiger partial charge in [0.05, 0.1) is 30.3 Å². The van der Waals surface area contributed by atoms with E-state index in [-0.39, 0.29) is 12.0 Å². The first kappa shape index (κ1) is 11.8. The zero-order chi connectivity index (χ0) is 13.1. The van der Waals surface area contributed by atoms with Crippen LogP contribution in [0.2, 0.25) is 0 Å². The number of hydrogen-bond acceptors (Lipinski definition) is 3. The SMILES string of the molecule is N#C[C@@H]1CON(c2ccccc2)[C@@H]1c1ccccc1. The number of anilines is 1. The molecule has 0 bridgehead atoms. The van der Waals surface area contributed by atoms with Crippen LogP contribution >= 0.6 is 0 Å². The predicted molar refractivity (Wildman–Crippen MR) is 73.2 cm³/mol. The molecule has 3 heteroatoms. The van der Waals surface area contributed by atoms with E-state index in [1.54, 1.807) is 0 Å². The molecule has 2 aromatic rings. The minimum atomic E-state index is -0.150. The molecule has 94 valence electrons. The zero-order valence-corrected chi connectivity index (χ0v) is 10.4. The topological polar surface area (TPSA) is 36.3 Å². The van der Waals surface area contributed by atoms with Gasteiger partial charge in [-0.1, -0.05) is 48.5 Å². The Morgan fingerprint density at radius 3 is 2.26 bits per heavy atom. The standard InChI is InChI=1S/C16H14N2O/c17-11-14-12-19-18(15-9-5-2-6-10-15)16(14)13-7-3-1-4-8-13/h1-10,14,16H,12H2/t14-,16-/m1/s1. The van der Waals surface area contributed by atoms with Crippen molar-refractivity contribution in [3.63, 3.8) is 0 Å². The molecule has 2 aromatic carbocycles. The quantitative estimate of drug-likeness (QED) is 0.820. The first-order valence-electron chi connectivity index (χ1n) is 6.32. The molecule has 0 spiro atoms. The molecule has 3 rings (SSSR count). The smallest absolute Gasteiger partial charge is 0.0996 e. The Morgan fingerprint density at radius 2 is 1.63 bits per heavy atom. The zero-order valence-electron chi connectivity index (χ0n) is 10.4. The van der Waals surface area contributed by atoms with Gasteiger partial charge in [0.2, 0.25) is 0 Å². The molecule has 1 heterocycles. The number of hydroxylamine groups is 1. The molecule has 0 N–H and O–H groups in total. The first-order chi connectivity index (χ1) is 9.40. The largest absolute Gasteiger partial charge is 0.271 e. The van der Waals surface area contributed by atoms with Crippen molar-refractivity contribution < 1.29 is 4.84 Å². The Kier molecular flexibility index (Phi) is 3.18. The van der Waals surface area contributed by atoms with E-state index in [4.69, 9.17) is 4.84 Å². The Balaban J connectivity index is 1.99. The van der Waals surface area contributed by atoms with E-state index in [1.165, 1.54) is 0 Å². The lowest BCUT2D eigenvalue weighted by atomic mass is 9.95. The molecule has 0 amide bonds. The maximum atomic E-state index is 9.31. The van der Waals surface area contributed by atoms with Crippen LogP contribution in [0.15, 0.2) is 60.7 Å². The van der Waals surface area contributed by atoms with Crippen LogP contribution in [0.3, 0.4) is 0 Å². The average molecular weight is 250 g/mol. The van der Waals surface area contributed by atoms with E-state index < -0.39 is 0 Å². The van der Waals surface area contributed by atoms with Gasteiger partial charge in [0, 0.05) is 0 Å². The van der Waals surface area contributed by atoms with Gasteiger partial charge in [-0.05, 0) is 17.7 Å². The fourth-order valence-electron chi connectivity index (χ4n) is 2.43.